The molecule has 0 radical (unpaired) electrons. The van der Waals surface area contributed by atoms with Crippen LogP contribution in [0.15, 0.2) is 28.7 Å². The average molecular weight is 453 g/mol. The molecule has 0 aliphatic carbocycles. The van der Waals surface area contributed by atoms with Crippen molar-refractivity contribution in [2.24, 2.45) is 0 Å². The third-order valence-electron chi connectivity index (χ3n) is 4.80. The number of aryl methyl sites for hydroxylation is 2. The summed E-state index contributed by atoms with van der Waals surface area (Å²) in [6.07, 6.45) is 0. The van der Waals surface area contributed by atoms with E-state index in [0.29, 0.717) is 18.2 Å². The zero-order chi connectivity index (χ0) is 21.1. The van der Waals surface area contributed by atoms with Gasteiger partial charge in [0.1, 0.15) is 4.92 Å². The molecular formula is C20H25ClN4O4S. The maximum absolute atomic E-state index is 13.2. The Bertz CT molecular complexity index is 1040. The van der Waals surface area contributed by atoms with E-state index >= 15 is 0 Å². The van der Waals surface area contributed by atoms with E-state index in [0.717, 1.165) is 34.4 Å². The van der Waals surface area contributed by atoms with Crippen molar-refractivity contribution >= 4 is 50.9 Å². The minimum atomic E-state index is -0.652. The molecule has 1 amide bonds. The molecule has 2 aromatic heterocycles. The number of carbonyl (C=O) groups is 1. The molecule has 0 bridgehead atoms. The summed E-state index contributed by atoms with van der Waals surface area (Å²) >= 11 is 1.44. The second-order valence-electron chi connectivity index (χ2n) is 6.81. The van der Waals surface area contributed by atoms with Crippen molar-refractivity contribution in [1.82, 2.24) is 9.88 Å². The standard InChI is InChI=1S/C20H24N4O4S.ClH/c1-5-22(6-2)9-10-23(19(25)16-7-8-17(28-16)24(26)27)20-21-15-12-13(3)11-14(4)18(15)29-20;/h7-8,11-12H,5-6,9-10H2,1-4H3;1H. The molecule has 0 aliphatic rings. The summed E-state index contributed by atoms with van der Waals surface area (Å²) < 4.78 is 6.18. The number of amides is 1. The average Bonchev–Trinajstić information content (AvgIpc) is 3.32. The number of nitrogens with zero attached hydrogens (tertiary/aromatic N) is 4. The fraction of sp³-hybridized carbons (Fsp3) is 0.400. The number of fused-ring (bicyclic) bond motifs is 1. The van der Waals surface area contributed by atoms with E-state index in [2.05, 4.69) is 29.8 Å². The summed E-state index contributed by atoms with van der Waals surface area (Å²) in [7, 11) is 0. The topological polar surface area (TPSA) is 92.7 Å². The van der Waals surface area contributed by atoms with Crippen molar-refractivity contribution in [3.05, 3.63) is 51.3 Å². The molecule has 162 valence electrons. The summed E-state index contributed by atoms with van der Waals surface area (Å²) in [6, 6.07) is 6.62. The molecule has 0 saturated heterocycles. The monoisotopic (exact) mass is 452 g/mol. The van der Waals surface area contributed by atoms with Gasteiger partial charge in [0, 0.05) is 13.1 Å². The highest BCUT2D eigenvalue weighted by atomic mass is 35.5. The molecule has 0 fully saturated rings. The van der Waals surface area contributed by atoms with Crippen molar-refractivity contribution in [1.29, 1.82) is 0 Å². The number of furan rings is 1. The van der Waals surface area contributed by atoms with Gasteiger partial charge in [-0.3, -0.25) is 19.8 Å². The molecule has 1 aromatic carbocycles. The highest BCUT2D eigenvalue weighted by Gasteiger charge is 2.26. The van der Waals surface area contributed by atoms with Gasteiger partial charge in [0.25, 0.3) is 5.91 Å². The lowest BCUT2D eigenvalue weighted by Gasteiger charge is -2.23. The van der Waals surface area contributed by atoms with Gasteiger partial charge in [-0.1, -0.05) is 31.3 Å². The van der Waals surface area contributed by atoms with Crippen LogP contribution in [-0.2, 0) is 0 Å². The smallest absolute Gasteiger partial charge is 0.395 e. The second kappa shape index (κ2) is 10.0. The van der Waals surface area contributed by atoms with Crippen LogP contribution in [0.25, 0.3) is 10.2 Å². The van der Waals surface area contributed by atoms with Gasteiger partial charge in [-0.05, 0) is 50.2 Å². The van der Waals surface area contributed by atoms with Crippen LogP contribution in [0.4, 0.5) is 11.0 Å². The van der Waals surface area contributed by atoms with E-state index in [4.69, 9.17) is 4.42 Å². The van der Waals surface area contributed by atoms with Gasteiger partial charge in [-0.15, -0.1) is 12.4 Å². The largest absolute Gasteiger partial charge is 0.433 e. The van der Waals surface area contributed by atoms with Gasteiger partial charge in [-0.25, -0.2) is 4.98 Å². The molecule has 30 heavy (non-hydrogen) atoms. The Labute approximate surface area is 185 Å². The highest BCUT2D eigenvalue weighted by Crippen LogP contribution is 2.33. The minimum absolute atomic E-state index is 0. The van der Waals surface area contributed by atoms with Crippen LogP contribution in [0.3, 0.4) is 0 Å². The Balaban J connectivity index is 0.00000320. The first-order valence-corrected chi connectivity index (χ1v) is 10.3. The number of benzene rings is 1. The lowest BCUT2D eigenvalue weighted by atomic mass is 10.1. The quantitative estimate of drug-likeness (QED) is 0.359. The van der Waals surface area contributed by atoms with Gasteiger partial charge in [0.15, 0.2) is 10.9 Å². The molecule has 10 heteroatoms. The van der Waals surface area contributed by atoms with E-state index in [1.165, 1.54) is 23.5 Å². The van der Waals surface area contributed by atoms with Gasteiger partial charge in [0.2, 0.25) is 0 Å². The molecule has 0 saturated carbocycles. The number of nitro groups is 1. The molecule has 0 N–H and O–H groups in total. The van der Waals surface area contributed by atoms with E-state index in [9.17, 15) is 14.9 Å². The van der Waals surface area contributed by atoms with Crippen LogP contribution < -0.4 is 4.90 Å². The number of thiazole rings is 1. The molecule has 0 aliphatic heterocycles. The van der Waals surface area contributed by atoms with E-state index in [1.807, 2.05) is 19.9 Å². The molecule has 3 aromatic rings. The Morgan fingerprint density at radius 2 is 1.90 bits per heavy atom. The van der Waals surface area contributed by atoms with Crippen molar-refractivity contribution in [2.45, 2.75) is 27.7 Å². The lowest BCUT2D eigenvalue weighted by molar-refractivity contribution is -0.402. The van der Waals surface area contributed by atoms with E-state index in [1.54, 1.807) is 4.90 Å². The van der Waals surface area contributed by atoms with Gasteiger partial charge >= 0.3 is 5.88 Å². The van der Waals surface area contributed by atoms with Crippen LogP contribution in [0.1, 0.15) is 35.5 Å². The van der Waals surface area contributed by atoms with Crippen molar-refractivity contribution in [2.75, 3.05) is 31.1 Å². The zero-order valence-corrected chi connectivity index (χ0v) is 19.0. The first kappa shape index (κ1) is 23.8. The first-order chi connectivity index (χ1) is 13.8. The fourth-order valence-corrected chi connectivity index (χ4v) is 4.26. The molecule has 0 atom stereocenters. The van der Waals surface area contributed by atoms with Crippen LogP contribution >= 0.6 is 23.7 Å². The maximum atomic E-state index is 13.2. The number of halogens is 1. The van der Waals surface area contributed by atoms with E-state index in [-0.39, 0.29) is 18.2 Å². The number of hydrogen-bond donors (Lipinski definition) is 0. The minimum Gasteiger partial charge on any atom is -0.395 e. The summed E-state index contributed by atoms with van der Waals surface area (Å²) in [5.41, 5.74) is 3.05. The van der Waals surface area contributed by atoms with Crippen LogP contribution in [0, 0.1) is 24.0 Å². The Morgan fingerprint density at radius 1 is 1.20 bits per heavy atom. The second-order valence-corrected chi connectivity index (χ2v) is 7.78. The summed E-state index contributed by atoms with van der Waals surface area (Å²) in [4.78, 5) is 31.9. The van der Waals surface area contributed by atoms with Crippen LogP contribution in [0.2, 0.25) is 0 Å². The number of rotatable bonds is 8. The number of aromatic nitrogens is 1. The molecule has 0 spiro atoms. The number of hydrogen-bond acceptors (Lipinski definition) is 7. The summed E-state index contributed by atoms with van der Waals surface area (Å²) in [5.74, 6) is -0.949. The molecular weight excluding hydrogens is 428 g/mol. The molecule has 8 nitrogen and oxygen atoms in total. The predicted molar refractivity (Wildman–Crippen MR) is 121 cm³/mol. The fourth-order valence-electron chi connectivity index (χ4n) is 3.22. The Hall–Kier alpha value is -2.49. The Morgan fingerprint density at radius 3 is 2.50 bits per heavy atom. The number of carbonyl (C=O) groups excluding carboxylic acids is 1. The number of anilines is 1. The summed E-state index contributed by atoms with van der Waals surface area (Å²) in [5, 5.41) is 11.5. The molecule has 0 unspecified atom stereocenters. The molecule has 2 heterocycles. The highest BCUT2D eigenvalue weighted by molar-refractivity contribution is 7.22. The third-order valence-corrected chi connectivity index (χ3v) is 6.03. The van der Waals surface area contributed by atoms with Gasteiger partial charge in [-0.2, -0.15) is 0 Å². The number of likely N-dealkylation sites (N-methyl/N-ethyl adjacent to an activating group) is 1. The molecule has 3 rings (SSSR count). The SMILES string of the molecule is CCN(CC)CCN(C(=O)c1ccc([N+](=O)[O-])o1)c1nc2cc(C)cc(C)c2s1.Cl. The first-order valence-electron chi connectivity index (χ1n) is 9.50. The van der Waals surface area contributed by atoms with Crippen LogP contribution in [-0.4, -0.2) is 46.9 Å². The third kappa shape index (κ3) is 4.97. The summed E-state index contributed by atoms with van der Waals surface area (Å²) in [6.45, 7) is 11.0. The van der Waals surface area contributed by atoms with Gasteiger partial charge < -0.3 is 9.32 Å². The van der Waals surface area contributed by atoms with Gasteiger partial charge in [0.05, 0.1) is 16.3 Å². The van der Waals surface area contributed by atoms with Crippen molar-refractivity contribution < 1.29 is 14.1 Å². The van der Waals surface area contributed by atoms with Crippen molar-refractivity contribution in [3.8, 4) is 0 Å². The van der Waals surface area contributed by atoms with Crippen molar-refractivity contribution in [3.63, 3.8) is 0 Å². The lowest BCUT2D eigenvalue weighted by Crippen LogP contribution is -2.38. The maximum Gasteiger partial charge on any atom is 0.433 e. The van der Waals surface area contributed by atoms with Crippen LogP contribution in [0.5, 0.6) is 0 Å². The predicted octanol–water partition coefficient (Wildman–Crippen LogP) is 4.82. The normalized spacial score (nSPS) is 11.0. The van der Waals surface area contributed by atoms with E-state index < -0.39 is 16.7 Å². The Kier molecular flexibility index (Phi) is 7.94. The zero-order valence-electron chi connectivity index (χ0n) is 17.4.